The van der Waals surface area contributed by atoms with Crippen molar-refractivity contribution in [3.05, 3.63) is 29.3 Å². The van der Waals surface area contributed by atoms with Crippen LogP contribution in [0.3, 0.4) is 0 Å². The highest BCUT2D eigenvalue weighted by Crippen LogP contribution is 2.14. The molecule has 0 aliphatic carbocycles. The minimum Gasteiger partial charge on any atom is -0.398 e. The number of ketones is 1. The number of hydrogen-bond acceptors (Lipinski definition) is 4. The smallest absolute Gasteiger partial charge is 0.251 e. The fourth-order valence-corrected chi connectivity index (χ4v) is 1.97. The first kappa shape index (κ1) is 16.2. The van der Waals surface area contributed by atoms with Crippen LogP contribution in [-0.4, -0.2) is 42.8 Å². The largest absolute Gasteiger partial charge is 0.398 e. The van der Waals surface area contributed by atoms with E-state index < -0.39 is 0 Å². The minimum absolute atomic E-state index is 0.139. The van der Waals surface area contributed by atoms with Crippen molar-refractivity contribution in [3.63, 3.8) is 0 Å². The summed E-state index contributed by atoms with van der Waals surface area (Å²) in [7, 11) is 0. The van der Waals surface area contributed by atoms with E-state index in [1.807, 2.05) is 0 Å². The predicted octanol–water partition coefficient (Wildman–Crippen LogP) is 1.54. The number of likely N-dealkylation sites (N-methyl/N-ethyl adjacent to an activating group) is 1. The third kappa shape index (κ3) is 4.35. The molecule has 5 heteroatoms. The molecule has 1 aromatic carbocycles. The maximum Gasteiger partial charge on any atom is 0.251 e. The summed E-state index contributed by atoms with van der Waals surface area (Å²) >= 11 is 0. The molecule has 5 nitrogen and oxygen atoms in total. The van der Waals surface area contributed by atoms with Gasteiger partial charge in [0.25, 0.3) is 5.91 Å². The Morgan fingerprint density at radius 2 is 1.90 bits per heavy atom. The molecule has 3 N–H and O–H groups in total. The lowest BCUT2D eigenvalue weighted by Crippen LogP contribution is -2.34. The number of nitrogens with two attached hydrogens (primary N) is 1. The number of nitrogen functional groups attached to an aromatic ring is 1. The molecule has 0 aliphatic rings. The highest BCUT2D eigenvalue weighted by atomic mass is 16.1. The van der Waals surface area contributed by atoms with Crippen LogP contribution in [0.2, 0.25) is 0 Å². The van der Waals surface area contributed by atoms with Gasteiger partial charge in [0.1, 0.15) is 0 Å². The zero-order valence-corrected chi connectivity index (χ0v) is 12.4. The lowest BCUT2D eigenvalue weighted by molar-refractivity contribution is 0.0949. The summed E-state index contributed by atoms with van der Waals surface area (Å²) in [5.74, 6) is -0.319. The molecular weight excluding hydrogens is 254 g/mol. The van der Waals surface area contributed by atoms with Gasteiger partial charge in [0.05, 0.1) is 0 Å². The van der Waals surface area contributed by atoms with E-state index >= 15 is 0 Å². The Kier molecular flexibility index (Phi) is 6.18. The number of hydrogen-bond donors (Lipinski definition) is 2. The third-order valence-electron chi connectivity index (χ3n) is 3.30. The lowest BCUT2D eigenvalue weighted by Gasteiger charge is -2.18. The molecule has 0 fully saturated rings. The molecule has 0 bridgehead atoms. The molecule has 0 aliphatic heterocycles. The van der Waals surface area contributed by atoms with Crippen molar-refractivity contribution in [3.8, 4) is 0 Å². The molecule has 0 heterocycles. The molecule has 110 valence electrons. The summed E-state index contributed by atoms with van der Waals surface area (Å²) in [6, 6.07) is 4.77. The van der Waals surface area contributed by atoms with Gasteiger partial charge in [-0.05, 0) is 38.2 Å². The first-order chi connectivity index (χ1) is 9.49. The van der Waals surface area contributed by atoms with Crippen LogP contribution in [-0.2, 0) is 0 Å². The van der Waals surface area contributed by atoms with Crippen LogP contribution in [0.25, 0.3) is 0 Å². The highest BCUT2D eigenvalue weighted by Gasteiger charge is 2.11. The van der Waals surface area contributed by atoms with Crippen molar-refractivity contribution < 1.29 is 9.59 Å². The number of rotatable bonds is 7. The van der Waals surface area contributed by atoms with E-state index in [0.29, 0.717) is 23.4 Å². The van der Waals surface area contributed by atoms with E-state index in [9.17, 15) is 9.59 Å². The van der Waals surface area contributed by atoms with Gasteiger partial charge in [0.15, 0.2) is 5.78 Å². The zero-order chi connectivity index (χ0) is 15.1. The number of carbonyl (C=O) groups is 2. The number of nitrogens with one attached hydrogen (secondary N) is 1. The average Bonchev–Trinajstić information content (AvgIpc) is 2.43. The van der Waals surface area contributed by atoms with Gasteiger partial charge in [0, 0.05) is 29.9 Å². The number of nitrogens with zero attached hydrogens (tertiary/aromatic N) is 1. The Balaban J connectivity index is 2.64. The van der Waals surface area contributed by atoms with Crippen LogP contribution in [0.5, 0.6) is 0 Å². The summed E-state index contributed by atoms with van der Waals surface area (Å²) in [6.45, 7) is 8.93. The Morgan fingerprint density at radius 3 is 2.45 bits per heavy atom. The van der Waals surface area contributed by atoms with Crippen molar-refractivity contribution >= 4 is 17.4 Å². The Morgan fingerprint density at radius 1 is 1.25 bits per heavy atom. The standard InChI is InChI=1S/C15H23N3O2/c1-4-18(5-2)9-8-17-15(20)12-6-7-14(16)13(10-12)11(3)19/h6-7,10H,4-5,8-9,16H2,1-3H3,(H,17,20). The van der Waals surface area contributed by atoms with Gasteiger partial charge in [-0.2, -0.15) is 0 Å². The van der Waals surface area contributed by atoms with Crippen LogP contribution in [0.1, 0.15) is 41.5 Å². The van der Waals surface area contributed by atoms with Crippen molar-refractivity contribution in [2.24, 2.45) is 0 Å². The SMILES string of the molecule is CCN(CC)CCNC(=O)c1ccc(N)c(C(C)=O)c1. The Labute approximate surface area is 120 Å². The molecular formula is C15H23N3O2. The van der Waals surface area contributed by atoms with Crippen molar-refractivity contribution in [2.45, 2.75) is 20.8 Å². The summed E-state index contributed by atoms with van der Waals surface area (Å²) in [5.41, 5.74) is 6.96. The number of amides is 1. The molecule has 20 heavy (non-hydrogen) atoms. The maximum atomic E-state index is 12.0. The van der Waals surface area contributed by atoms with E-state index in [1.165, 1.54) is 6.92 Å². The van der Waals surface area contributed by atoms with Crippen molar-refractivity contribution in [1.82, 2.24) is 10.2 Å². The average molecular weight is 277 g/mol. The van der Waals surface area contributed by atoms with Gasteiger partial charge in [-0.1, -0.05) is 13.8 Å². The van der Waals surface area contributed by atoms with Gasteiger partial charge in [0.2, 0.25) is 0 Å². The molecule has 0 saturated carbocycles. The minimum atomic E-state index is -0.181. The fourth-order valence-electron chi connectivity index (χ4n) is 1.97. The number of benzene rings is 1. The normalized spacial score (nSPS) is 10.6. The van der Waals surface area contributed by atoms with Gasteiger partial charge < -0.3 is 16.0 Å². The van der Waals surface area contributed by atoms with Crippen molar-refractivity contribution in [2.75, 3.05) is 31.9 Å². The summed E-state index contributed by atoms with van der Waals surface area (Å²) < 4.78 is 0. The van der Waals surface area contributed by atoms with E-state index in [1.54, 1.807) is 18.2 Å². The summed E-state index contributed by atoms with van der Waals surface area (Å²) in [6.07, 6.45) is 0. The zero-order valence-electron chi connectivity index (χ0n) is 12.4. The predicted molar refractivity (Wildman–Crippen MR) is 81.0 cm³/mol. The quantitative estimate of drug-likeness (QED) is 0.585. The molecule has 0 spiro atoms. The summed E-state index contributed by atoms with van der Waals surface area (Å²) in [5, 5.41) is 2.85. The van der Waals surface area contributed by atoms with Crippen molar-refractivity contribution in [1.29, 1.82) is 0 Å². The van der Waals surface area contributed by atoms with Gasteiger partial charge in [-0.3, -0.25) is 9.59 Å². The van der Waals surface area contributed by atoms with E-state index in [-0.39, 0.29) is 11.7 Å². The van der Waals surface area contributed by atoms with Gasteiger partial charge in [-0.15, -0.1) is 0 Å². The second kappa shape index (κ2) is 7.65. The monoisotopic (exact) mass is 277 g/mol. The number of carbonyl (C=O) groups excluding carboxylic acids is 2. The number of Topliss-reactive ketones (excluding diaryl/α,β-unsaturated/α-hetero) is 1. The molecule has 1 aromatic rings. The maximum absolute atomic E-state index is 12.0. The molecule has 0 atom stereocenters. The molecule has 1 rings (SSSR count). The second-order valence-electron chi connectivity index (χ2n) is 4.64. The molecule has 0 aromatic heterocycles. The molecule has 0 radical (unpaired) electrons. The van der Waals surface area contributed by atoms with Gasteiger partial charge >= 0.3 is 0 Å². The first-order valence-electron chi connectivity index (χ1n) is 6.90. The van der Waals surface area contributed by atoms with Crippen LogP contribution < -0.4 is 11.1 Å². The van der Waals surface area contributed by atoms with E-state index in [4.69, 9.17) is 5.73 Å². The molecule has 0 saturated heterocycles. The third-order valence-corrected chi connectivity index (χ3v) is 3.30. The van der Waals surface area contributed by atoms with Crippen LogP contribution in [0.15, 0.2) is 18.2 Å². The molecule has 1 amide bonds. The van der Waals surface area contributed by atoms with Crippen LogP contribution in [0.4, 0.5) is 5.69 Å². The van der Waals surface area contributed by atoms with Crippen LogP contribution >= 0.6 is 0 Å². The first-order valence-corrected chi connectivity index (χ1v) is 6.90. The van der Waals surface area contributed by atoms with Gasteiger partial charge in [-0.25, -0.2) is 0 Å². The second-order valence-corrected chi connectivity index (χ2v) is 4.64. The Bertz CT molecular complexity index is 482. The van der Waals surface area contributed by atoms with E-state index in [2.05, 4.69) is 24.1 Å². The van der Waals surface area contributed by atoms with E-state index in [0.717, 1.165) is 19.6 Å². The Hall–Kier alpha value is -1.88. The fraction of sp³-hybridized carbons (Fsp3) is 0.467. The summed E-state index contributed by atoms with van der Waals surface area (Å²) in [4.78, 5) is 25.6. The highest BCUT2D eigenvalue weighted by molar-refractivity contribution is 6.03. The lowest BCUT2D eigenvalue weighted by atomic mass is 10.1. The molecule has 0 unspecified atom stereocenters. The van der Waals surface area contributed by atoms with Crippen LogP contribution in [0, 0.1) is 0 Å². The number of anilines is 1. The topological polar surface area (TPSA) is 75.4 Å².